The molecule has 0 aliphatic carbocycles. The molecule has 1 unspecified atom stereocenters. The van der Waals surface area contributed by atoms with Crippen molar-refractivity contribution in [1.82, 2.24) is 10.6 Å². The van der Waals surface area contributed by atoms with Crippen LogP contribution in [0.1, 0.15) is 19.8 Å². The lowest BCUT2D eigenvalue weighted by Crippen LogP contribution is -2.32. The van der Waals surface area contributed by atoms with Gasteiger partial charge in [0, 0.05) is 32.7 Å². The maximum atomic E-state index is 11.4. The van der Waals surface area contributed by atoms with E-state index in [2.05, 4.69) is 17.6 Å². The summed E-state index contributed by atoms with van der Waals surface area (Å²) in [4.78, 5) is 11.4. The number of amides is 1. The molecule has 14 heavy (non-hydrogen) atoms. The molecule has 0 radical (unpaired) electrons. The summed E-state index contributed by atoms with van der Waals surface area (Å²) in [5.41, 5.74) is 0. The van der Waals surface area contributed by atoms with Gasteiger partial charge in [-0.05, 0) is 18.9 Å². The lowest BCUT2D eigenvalue weighted by Gasteiger charge is -2.08. The van der Waals surface area contributed by atoms with Crippen molar-refractivity contribution in [2.75, 3.05) is 32.8 Å². The highest BCUT2D eigenvalue weighted by molar-refractivity contribution is 5.76. The molecule has 0 saturated carbocycles. The van der Waals surface area contributed by atoms with Gasteiger partial charge in [-0.3, -0.25) is 4.79 Å². The largest absolute Gasteiger partial charge is 0.381 e. The first-order chi connectivity index (χ1) is 6.83. The molecule has 1 aliphatic heterocycles. The summed E-state index contributed by atoms with van der Waals surface area (Å²) in [5.74, 6) is 0.590. The van der Waals surface area contributed by atoms with Crippen LogP contribution in [0, 0.1) is 5.92 Å². The average molecular weight is 200 g/mol. The second-order valence-corrected chi connectivity index (χ2v) is 3.64. The first kappa shape index (κ1) is 11.5. The van der Waals surface area contributed by atoms with E-state index in [-0.39, 0.29) is 5.91 Å². The average Bonchev–Trinajstić information content (AvgIpc) is 2.65. The molecule has 1 aliphatic rings. The number of carbonyl (C=O) groups is 1. The summed E-state index contributed by atoms with van der Waals surface area (Å²) in [5, 5.41) is 6.05. The molecule has 0 spiro atoms. The highest BCUT2D eigenvalue weighted by Gasteiger charge is 2.18. The van der Waals surface area contributed by atoms with Gasteiger partial charge in [0.15, 0.2) is 0 Å². The van der Waals surface area contributed by atoms with Crippen molar-refractivity contribution in [3.05, 3.63) is 0 Å². The summed E-state index contributed by atoms with van der Waals surface area (Å²) < 4.78 is 5.21. The fraction of sp³-hybridized carbons (Fsp3) is 0.900. The molecule has 1 fully saturated rings. The third-order valence-corrected chi connectivity index (χ3v) is 2.37. The van der Waals surface area contributed by atoms with Crippen LogP contribution in [-0.2, 0) is 9.53 Å². The van der Waals surface area contributed by atoms with E-state index in [1.54, 1.807) is 0 Å². The Balaban J connectivity index is 1.98. The minimum Gasteiger partial charge on any atom is -0.381 e. The van der Waals surface area contributed by atoms with Gasteiger partial charge in [0.1, 0.15) is 0 Å². The van der Waals surface area contributed by atoms with E-state index >= 15 is 0 Å². The molecule has 1 atom stereocenters. The monoisotopic (exact) mass is 200 g/mol. The third-order valence-electron chi connectivity index (χ3n) is 2.37. The fourth-order valence-corrected chi connectivity index (χ4v) is 1.55. The minimum atomic E-state index is 0.151. The molecule has 0 bridgehead atoms. The number of likely N-dealkylation sites (N-methyl/N-ethyl adjacent to an activating group) is 1. The van der Waals surface area contributed by atoms with Crippen LogP contribution in [0.2, 0.25) is 0 Å². The van der Waals surface area contributed by atoms with Gasteiger partial charge in [0.05, 0.1) is 0 Å². The van der Waals surface area contributed by atoms with Crippen LogP contribution in [-0.4, -0.2) is 38.8 Å². The number of hydrogen-bond donors (Lipinski definition) is 2. The van der Waals surface area contributed by atoms with Gasteiger partial charge in [-0.2, -0.15) is 0 Å². The van der Waals surface area contributed by atoms with Crippen molar-refractivity contribution in [2.24, 2.45) is 5.92 Å². The molecule has 4 heteroatoms. The summed E-state index contributed by atoms with van der Waals surface area (Å²) >= 11 is 0. The first-order valence-electron chi connectivity index (χ1n) is 5.38. The summed E-state index contributed by atoms with van der Waals surface area (Å²) in [6.07, 6.45) is 1.65. The Morgan fingerprint density at radius 1 is 1.50 bits per heavy atom. The van der Waals surface area contributed by atoms with E-state index in [4.69, 9.17) is 4.74 Å². The second kappa shape index (κ2) is 6.79. The van der Waals surface area contributed by atoms with E-state index in [0.29, 0.717) is 12.3 Å². The Hall–Kier alpha value is -0.610. The van der Waals surface area contributed by atoms with Crippen molar-refractivity contribution < 1.29 is 9.53 Å². The smallest absolute Gasteiger partial charge is 0.220 e. The number of rotatable bonds is 6. The number of nitrogens with one attached hydrogen (secondary N) is 2. The van der Waals surface area contributed by atoms with E-state index in [1.807, 2.05) is 0 Å². The number of ether oxygens (including phenoxy) is 1. The zero-order chi connectivity index (χ0) is 10.2. The zero-order valence-corrected chi connectivity index (χ0v) is 8.84. The van der Waals surface area contributed by atoms with E-state index < -0.39 is 0 Å². The van der Waals surface area contributed by atoms with Gasteiger partial charge < -0.3 is 15.4 Å². The topological polar surface area (TPSA) is 50.4 Å². The summed E-state index contributed by atoms with van der Waals surface area (Å²) in [7, 11) is 0. The lowest BCUT2D eigenvalue weighted by atomic mass is 10.1. The standard InChI is InChI=1S/C10H20N2O2/c1-2-11-4-5-12-10(13)7-9-3-6-14-8-9/h9,11H,2-8H2,1H3,(H,12,13). The number of carbonyl (C=O) groups excluding carboxylic acids is 1. The van der Waals surface area contributed by atoms with Gasteiger partial charge in [-0.15, -0.1) is 0 Å². The molecule has 4 nitrogen and oxygen atoms in total. The van der Waals surface area contributed by atoms with Gasteiger partial charge >= 0.3 is 0 Å². The lowest BCUT2D eigenvalue weighted by molar-refractivity contribution is -0.122. The molecular weight excluding hydrogens is 180 g/mol. The Kier molecular flexibility index (Phi) is 5.56. The van der Waals surface area contributed by atoms with Crippen LogP contribution in [0.5, 0.6) is 0 Å². The molecular formula is C10H20N2O2. The molecule has 82 valence electrons. The number of hydrogen-bond acceptors (Lipinski definition) is 3. The molecule has 1 heterocycles. The molecule has 1 rings (SSSR count). The minimum absolute atomic E-state index is 0.151. The van der Waals surface area contributed by atoms with Crippen molar-refractivity contribution >= 4 is 5.91 Å². The fourth-order valence-electron chi connectivity index (χ4n) is 1.55. The molecule has 0 aromatic rings. The summed E-state index contributed by atoms with van der Waals surface area (Å²) in [6.45, 7) is 6.14. The maximum absolute atomic E-state index is 11.4. The Morgan fingerprint density at radius 3 is 3.00 bits per heavy atom. The van der Waals surface area contributed by atoms with E-state index in [1.165, 1.54) is 0 Å². The maximum Gasteiger partial charge on any atom is 0.220 e. The Bertz CT molecular complexity index is 168. The first-order valence-corrected chi connectivity index (χ1v) is 5.38. The van der Waals surface area contributed by atoms with Crippen LogP contribution in [0.4, 0.5) is 0 Å². The Labute approximate surface area is 85.4 Å². The zero-order valence-electron chi connectivity index (χ0n) is 8.84. The van der Waals surface area contributed by atoms with Gasteiger partial charge in [0.25, 0.3) is 0 Å². The highest BCUT2D eigenvalue weighted by Crippen LogP contribution is 2.15. The van der Waals surface area contributed by atoms with Crippen LogP contribution in [0.3, 0.4) is 0 Å². The Morgan fingerprint density at radius 2 is 2.36 bits per heavy atom. The quantitative estimate of drug-likeness (QED) is 0.600. The van der Waals surface area contributed by atoms with Crippen molar-refractivity contribution in [1.29, 1.82) is 0 Å². The van der Waals surface area contributed by atoms with Gasteiger partial charge in [-0.25, -0.2) is 0 Å². The third kappa shape index (κ3) is 4.58. The van der Waals surface area contributed by atoms with Gasteiger partial charge in [0.2, 0.25) is 5.91 Å². The predicted octanol–water partition coefficient (Wildman–Crippen LogP) is 0.139. The van der Waals surface area contributed by atoms with Crippen LogP contribution < -0.4 is 10.6 Å². The van der Waals surface area contributed by atoms with Crippen molar-refractivity contribution in [3.63, 3.8) is 0 Å². The van der Waals surface area contributed by atoms with Crippen LogP contribution in [0.25, 0.3) is 0 Å². The molecule has 2 N–H and O–H groups in total. The highest BCUT2D eigenvalue weighted by atomic mass is 16.5. The van der Waals surface area contributed by atoms with E-state index in [0.717, 1.165) is 39.3 Å². The van der Waals surface area contributed by atoms with Crippen LogP contribution in [0.15, 0.2) is 0 Å². The molecule has 0 aromatic heterocycles. The second-order valence-electron chi connectivity index (χ2n) is 3.64. The predicted molar refractivity (Wildman–Crippen MR) is 55.1 cm³/mol. The van der Waals surface area contributed by atoms with Crippen molar-refractivity contribution in [2.45, 2.75) is 19.8 Å². The normalized spacial score (nSPS) is 21.1. The SMILES string of the molecule is CCNCCNC(=O)CC1CCOC1. The van der Waals surface area contributed by atoms with Gasteiger partial charge in [-0.1, -0.05) is 6.92 Å². The molecule has 1 saturated heterocycles. The van der Waals surface area contributed by atoms with Crippen molar-refractivity contribution in [3.8, 4) is 0 Å². The van der Waals surface area contributed by atoms with E-state index in [9.17, 15) is 4.79 Å². The molecule has 1 amide bonds. The summed E-state index contributed by atoms with van der Waals surface area (Å²) in [6, 6.07) is 0. The van der Waals surface area contributed by atoms with Crippen LogP contribution >= 0.6 is 0 Å². The molecule has 0 aromatic carbocycles.